The van der Waals surface area contributed by atoms with E-state index in [0.717, 1.165) is 19.2 Å². The molecule has 2 N–H and O–H groups in total. The summed E-state index contributed by atoms with van der Waals surface area (Å²) in [6.07, 6.45) is -3.82. The number of carboxylic acids is 1. The molecule has 0 amide bonds. The van der Waals surface area contributed by atoms with Gasteiger partial charge in [-0.1, -0.05) is 6.92 Å². The fourth-order valence-corrected chi connectivity index (χ4v) is 2.66. The van der Waals surface area contributed by atoms with Gasteiger partial charge in [0.2, 0.25) is 0 Å². The van der Waals surface area contributed by atoms with Crippen LogP contribution in [-0.4, -0.2) is 24.2 Å². The molecule has 0 unspecified atom stereocenters. The molecule has 1 aromatic carbocycles. The molecule has 1 heterocycles. The molecule has 0 aromatic heterocycles. The lowest BCUT2D eigenvalue weighted by molar-refractivity contribution is -0.137. The normalized spacial score (nSPS) is 23.6. The number of carboxylic acid groups (broad SMARTS) is 1. The lowest BCUT2D eigenvalue weighted by Gasteiger charge is -2.30. The monoisotopic (exact) mass is 287 g/mol. The molecule has 0 radical (unpaired) electrons. The van der Waals surface area contributed by atoms with Gasteiger partial charge >= 0.3 is 12.1 Å². The van der Waals surface area contributed by atoms with Crippen LogP contribution in [0, 0.1) is 5.92 Å². The van der Waals surface area contributed by atoms with Gasteiger partial charge in [-0.2, -0.15) is 13.2 Å². The Hall–Kier alpha value is -1.56. The van der Waals surface area contributed by atoms with Crippen molar-refractivity contribution in [2.24, 2.45) is 5.92 Å². The number of halogens is 3. The molecule has 1 aromatic rings. The minimum Gasteiger partial charge on any atom is -0.478 e. The molecule has 6 heteroatoms. The van der Waals surface area contributed by atoms with Gasteiger partial charge in [0.15, 0.2) is 0 Å². The van der Waals surface area contributed by atoms with E-state index in [1.165, 1.54) is 6.07 Å². The molecule has 3 nitrogen and oxygen atoms in total. The van der Waals surface area contributed by atoms with Crippen molar-refractivity contribution in [3.05, 3.63) is 34.9 Å². The van der Waals surface area contributed by atoms with Crippen molar-refractivity contribution < 1.29 is 23.1 Å². The van der Waals surface area contributed by atoms with E-state index in [1.807, 2.05) is 6.92 Å². The SMILES string of the molecule is C[C@H]1CNCC[C@@H]1c1cc(C(=O)O)cc(C(F)(F)F)c1. The highest BCUT2D eigenvalue weighted by atomic mass is 19.4. The summed E-state index contributed by atoms with van der Waals surface area (Å²) in [5, 5.41) is 12.2. The van der Waals surface area contributed by atoms with Gasteiger partial charge < -0.3 is 10.4 Å². The lowest BCUT2D eigenvalue weighted by Crippen LogP contribution is -2.34. The Bertz CT molecular complexity index is 514. The van der Waals surface area contributed by atoms with E-state index in [0.29, 0.717) is 18.1 Å². The van der Waals surface area contributed by atoms with Crippen LogP contribution in [0.25, 0.3) is 0 Å². The van der Waals surface area contributed by atoms with Gasteiger partial charge in [-0.05, 0) is 55.1 Å². The minimum atomic E-state index is -4.53. The number of benzene rings is 1. The average molecular weight is 287 g/mol. The van der Waals surface area contributed by atoms with Crippen LogP contribution in [0.15, 0.2) is 18.2 Å². The molecule has 1 saturated heterocycles. The number of aromatic carboxylic acids is 1. The molecule has 1 aliphatic heterocycles. The molecule has 0 spiro atoms. The molecule has 0 aliphatic carbocycles. The highest BCUT2D eigenvalue weighted by Gasteiger charge is 2.33. The molecular formula is C14H16F3NO2. The molecule has 1 fully saturated rings. The second-order valence-corrected chi connectivity index (χ2v) is 5.22. The summed E-state index contributed by atoms with van der Waals surface area (Å²) < 4.78 is 38.6. The van der Waals surface area contributed by atoms with Crippen molar-refractivity contribution in [2.45, 2.75) is 25.4 Å². The van der Waals surface area contributed by atoms with Crippen molar-refractivity contribution in [2.75, 3.05) is 13.1 Å². The Morgan fingerprint density at radius 1 is 1.35 bits per heavy atom. The Kier molecular flexibility index (Phi) is 4.04. The molecular weight excluding hydrogens is 271 g/mol. The van der Waals surface area contributed by atoms with Crippen LogP contribution in [0.2, 0.25) is 0 Å². The van der Waals surface area contributed by atoms with Crippen LogP contribution < -0.4 is 5.32 Å². The summed E-state index contributed by atoms with van der Waals surface area (Å²) in [5.74, 6) is -1.20. The number of piperidine rings is 1. The van der Waals surface area contributed by atoms with Crippen molar-refractivity contribution in [3.63, 3.8) is 0 Å². The van der Waals surface area contributed by atoms with Gasteiger partial charge in [0, 0.05) is 0 Å². The Morgan fingerprint density at radius 3 is 2.60 bits per heavy atom. The van der Waals surface area contributed by atoms with Crippen LogP contribution in [0.3, 0.4) is 0 Å². The van der Waals surface area contributed by atoms with E-state index in [9.17, 15) is 18.0 Å². The minimum absolute atomic E-state index is 0.0448. The van der Waals surface area contributed by atoms with Gasteiger partial charge in [0.25, 0.3) is 0 Å². The largest absolute Gasteiger partial charge is 0.478 e. The molecule has 1 aliphatic rings. The van der Waals surface area contributed by atoms with Gasteiger partial charge in [-0.15, -0.1) is 0 Å². The third kappa shape index (κ3) is 3.12. The van der Waals surface area contributed by atoms with Crippen molar-refractivity contribution in [1.29, 1.82) is 0 Å². The first-order valence-corrected chi connectivity index (χ1v) is 6.45. The molecule has 2 atom stereocenters. The summed E-state index contributed by atoms with van der Waals surface area (Å²) in [6.45, 7) is 3.41. The van der Waals surface area contributed by atoms with E-state index >= 15 is 0 Å². The van der Waals surface area contributed by atoms with Gasteiger partial charge in [-0.25, -0.2) is 4.79 Å². The van der Waals surface area contributed by atoms with Crippen LogP contribution in [0.1, 0.15) is 40.7 Å². The van der Waals surface area contributed by atoms with Crippen LogP contribution in [0.4, 0.5) is 13.2 Å². The molecule has 2 rings (SSSR count). The average Bonchev–Trinajstić information content (AvgIpc) is 2.37. The number of rotatable bonds is 2. The lowest BCUT2D eigenvalue weighted by atomic mass is 9.81. The standard InChI is InChI=1S/C14H16F3NO2/c1-8-7-18-3-2-12(8)9-4-10(13(19)20)6-11(5-9)14(15,16)17/h4-6,8,12,18H,2-3,7H2,1H3,(H,19,20)/t8-,12-/m0/s1. The first kappa shape index (κ1) is 14.8. The third-order valence-electron chi connectivity index (χ3n) is 3.74. The fourth-order valence-electron chi connectivity index (χ4n) is 2.66. The predicted molar refractivity (Wildman–Crippen MR) is 67.8 cm³/mol. The first-order valence-electron chi connectivity index (χ1n) is 6.45. The van der Waals surface area contributed by atoms with E-state index in [1.54, 1.807) is 0 Å². The van der Waals surface area contributed by atoms with E-state index in [2.05, 4.69) is 5.32 Å². The van der Waals surface area contributed by atoms with Crippen LogP contribution in [0.5, 0.6) is 0 Å². The zero-order chi connectivity index (χ0) is 14.9. The fraction of sp³-hybridized carbons (Fsp3) is 0.500. The van der Waals surface area contributed by atoms with Crippen molar-refractivity contribution >= 4 is 5.97 Å². The third-order valence-corrected chi connectivity index (χ3v) is 3.74. The Balaban J connectivity index is 2.46. The molecule has 0 bridgehead atoms. The second-order valence-electron chi connectivity index (χ2n) is 5.22. The van der Waals surface area contributed by atoms with Crippen LogP contribution in [-0.2, 0) is 6.18 Å². The number of hydrogen-bond donors (Lipinski definition) is 2. The summed E-state index contributed by atoms with van der Waals surface area (Å²) in [6, 6.07) is 3.14. The number of alkyl halides is 3. The predicted octanol–water partition coefficient (Wildman–Crippen LogP) is 3.12. The van der Waals surface area contributed by atoms with E-state index < -0.39 is 17.7 Å². The maximum Gasteiger partial charge on any atom is 0.416 e. The summed E-state index contributed by atoms with van der Waals surface area (Å²) in [5.41, 5.74) is -0.732. The maximum absolute atomic E-state index is 12.9. The van der Waals surface area contributed by atoms with Crippen molar-refractivity contribution in [1.82, 2.24) is 5.32 Å². The maximum atomic E-state index is 12.9. The number of nitrogens with one attached hydrogen (secondary N) is 1. The summed E-state index contributed by atoms with van der Waals surface area (Å²) >= 11 is 0. The zero-order valence-electron chi connectivity index (χ0n) is 11.0. The number of carbonyl (C=O) groups is 1. The Labute approximate surface area is 114 Å². The second kappa shape index (κ2) is 5.44. The zero-order valence-corrected chi connectivity index (χ0v) is 11.0. The highest BCUT2D eigenvalue weighted by molar-refractivity contribution is 5.88. The number of hydrogen-bond acceptors (Lipinski definition) is 2. The van der Waals surface area contributed by atoms with Crippen LogP contribution >= 0.6 is 0 Å². The summed E-state index contributed by atoms with van der Waals surface area (Å²) in [7, 11) is 0. The topological polar surface area (TPSA) is 49.3 Å². The summed E-state index contributed by atoms with van der Waals surface area (Å²) in [4.78, 5) is 11.0. The van der Waals surface area contributed by atoms with E-state index in [4.69, 9.17) is 5.11 Å². The van der Waals surface area contributed by atoms with Gasteiger partial charge in [-0.3, -0.25) is 0 Å². The van der Waals surface area contributed by atoms with E-state index in [-0.39, 0.29) is 17.4 Å². The highest BCUT2D eigenvalue weighted by Crippen LogP contribution is 2.36. The van der Waals surface area contributed by atoms with Gasteiger partial charge in [0.1, 0.15) is 0 Å². The molecule has 0 saturated carbocycles. The smallest absolute Gasteiger partial charge is 0.416 e. The van der Waals surface area contributed by atoms with Crippen molar-refractivity contribution in [3.8, 4) is 0 Å². The molecule has 20 heavy (non-hydrogen) atoms. The van der Waals surface area contributed by atoms with Gasteiger partial charge in [0.05, 0.1) is 11.1 Å². The molecule has 110 valence electrons. The quantitative estimate of drug-likeness (QED) is 0.878. The first-order chi connectivity index (χ1) is 9.29. The Morgan fingerprint density at radius 2 is 2.05 bits per heavy atom.